The molecule has 0 radical (unpaired) electrons. The van der Waals surface area contributed by atoms with Crippen molar-refractivity contribution < 1.29 is 23.9 Å². The monoisotopic (exact) mass is 383 g/mol. The van der Waals surface area contributed by atoms with E-state index in [2.05, 4.69) is 22.0 Å². The van der Waals surface area contributed by atoms with E-state index in [-0.39, 0.29) is 12.8 Å². The van der Waals surface area contributed by atoms with E-state index in [0.717, 1.165) is 16.9 Å². The van der Waals surface area contributed by atoms with Crippen molar-refractivity contribution >= 4 is 23.6 Å². The van der Waals surface area contributed by atoms with Crippen LogP contribution in [0.5, 0.6) is 11.6 Å². The normalized spacial score (nSPS) is 16.1. The average Bonchev–Trinajstić information content (AvgIpc) is 3.00. The van der Waals surface area contributed by atoms with Gasteiger partial charge < -0.3 is 14.8 Å². The van der Waals surface area contributed by atoms with Crippen molar-refractivity contribution in [2.24, 2.45) is 0 Å². The molecule has 3 amide bonds. The molecule has 2 aromatic rings. The highest BCUT2D eigenvalue weighted by Gasteiger charge is 2.39. The van der Waals surface area contributed by atoms with Crippen LogP contribution in [0.25, 0.3) is 0 Å². The third kappa shape index (κ3) is 4.28. The number of anilines is 1. The molecule has 1 aromatic heterocycles. The molecule has 8 heteroatoms. The number of ether oxygens (including phenoxy) is 2. The molecule has 0 spiro atoms. The van der Waals surface area contributed by atoms with Crippen LogP contribution in [0.2, 0.25) is 0 Å². The number of methoxy groups -OCH3 is 1. The van der Waals surface area contributed by atoms with Gasteiger partial charge in [-0.05, 0) is 36.6 Å². The van der Waals surface area contributed by atoms with E-state index in [1.165, 1.54) is 13.3 Å². The van der Waals surface area contributed by atoms with Gasteiger partial charge in [-0.3, -0.25) is 9.59 Å². The molecule has 146 valence electrons. The minimum atomic E-state index is -0.765. The maximum atomic E-state index is 12.5. The number of imide groups is 1. The number of hydrogen-bond donors (Lipinski definition) is 1. The van der Waals surface area contributed by atoms with E-state index in [9.17, 15) is 14.4 Å². The maximum absolute atomic E-state index is 12.5. The summed E-state index contributed by atoms with van der Waals surface area (Å²) in [6.07, 6.45) is 2.52. The Morgan fingerprint density at radius 2 is 2.07 bits per heavy atom. The van der Waals surface area contributed by atoms with Gasteiger partial charge in [-0.15, -0.1) is 0 Å². The number of nitrogens with zero attached hydrogens (tertiary/aromatic N) is 2. The lowest BCUT2D eigenvalue weighted by Gasteiger charge is -2.13. The number of carbonyl (C=O) groups excluding carboxylic acids is 3. The fourth-order valence-corrected chi connectivity index (χ4v) is 2.85. The SMILES string of the molecule is CCc1cccc(Oc2ccc(N3C(=O)N[C@H](CCC(=O)OC)C3=O)cn2)c1. The van der Waals surface area contributed by atoms with Gasteiger partial charge in [0.05, 0.1) is 19.0 Å². The van der Waals surface area contributed by atoms with Crippen LogP contribution >= 0.6 is 0 Å². The number of amides is 3. The molecule has 1 aliphatic heterocycles. The minimum Gasteiger partial charge on any atom is -0.469 e. The molecular weight excluding hydrogens is 362 g/mol. The highest BCUT2D eigenvalue weighted by atomic mass is 16.5. The highest BCUT2D eigenvalue weighted by Crippen LogP contribution is 2.25. The zero-order valence-electron chi connectivity index (χ0n) is 15.7. The van der Waals surface area contributed by atoms with Crippen LogP contribution < -0.4 is 15.0 Å². The molecular formula is C20H21N3O5. The van der Waals surface area contributed by atoms with E-state index in [4.69, 9.17) is 4.74 Å². The van der Waals surface area contributed by atoms with Crippen molar-refractivity contribution in [1.29, 1.82) is 0 Å². The van der Waals surface area contributed by atoms with Crippen molar-refractivity contribution in [2.75, 3.05) is 12.0 Å². The quantitative estimate of drug-likeness (QED) is 0.583. The molecule has 1 N–H and O–H groups in total. The summed E-state index contributed by atoms with van der Waals surface area (Å²) in [5, 5.41) is 2.57. The van der Waals surface area contributed by atoms with E-state index in [1.807, 2.05) is 24.3 Å². The summed E-state index contributed by atoms with van der Waals surface area (Å²) in [6.45, 7) is 2.06. The van der Waals surface area contributed by atoms with E-state index >= 15 is 0 Å². The van der Waals surface area contributed by atoms with Gasteiger partial charge in [0.15, 0.2) is 0 Å². The minimum absolute atomic E-state index is 0.0445. The first-order valence-electron chi connectivity index (χ1n) is 8.96. The summed E-state index contributed by atoms with van der Waals surface area (Å²) >= 11 is 0. The molecule has 8 nitrogen and oxygen atoms in total. The number of esters is 1. The molecule has 1 atom stereocenters. The number of urea groups is 1. The van der Waals surface area contributed by atoms with Crippen molar-refractivity contribution in [3.05, 3.63) is 48.2 Å². The zero-order valence-corrected chi connectivity index (χ0v) is 15.7. The Bertz CT molecular complexity index is 882. The van der Waals surface area contributed by atoms with Crippen molar-refractivity contribution in [2.45, 2.75) is 32.2 Å². The molecule has 1 saturated heterocycles. The first-order valence-corrected chi connectivity index (χ1v) is 8.96. The van der Waals surface area contributed by atoms with E-state index in [1.54, 1.807) is 12.1 Å². The van der Waals surface area contributed by atoms with Crippen LogP contribution in [0.3, 0.4) is 0 Å². The largest absolute Gasteiger partial charge is 0.469 e. The van der Waals surface area contributed by atoms with Gasteiger partial charge >= 0.3 is 12.0 Å². The number of carbonyl (C=O) groups is 3. The average molecular weight is 383 g/mol. The molecule has 2 heterocycles. The van der Waals surface area contributed by atoms with Gasteiger partial charge in [0, 0.05) is 12.5 Å². The molecule has 0 bridgehead atoms. The number of nitrogens with one attached hydrogen (secondary N) is 1. The van der Waals surface area contributed by atoms with Gasteiger partial charge in [-0.25, -0.2) is 14.7 Å². The van der Waals surface area contributed by atoms with Crippen molar-refractivity contribution in [3.8, 4) is 11.6 Å². The summed E-state index contributed by atoms with van der Waals surface area (Å²) in [5.41, 5.74) is 1.48. The van der Waals surface area contributed by atoms with Crippen LogP contribution in [0.1, 0.15) is 25.3 Å². The summed E-state index contributed by atoms with van der Waals surface area (Å²) in [7, 11) is 1.28. The summed E-state index contributed by atoms with van der Waals surface area (Å²) in [5.74, 6) is 0.152. The lowest BCUT2D eigenvalue weighted by molar-refractivity contribution is -0.140. The Balaban J connectivity index is 1.67. The lowest BCUT2D eigenvalue weighted by atomic mass is 10.1. The van der Waals surface area contributed by atoms with Crippen LogP contribution in [0, 0.1) is 0 Å². The second-order valence-electron chi connectivity index (χ2n) is 6.25. The highest BCUT2D eigenvalue weighted by molar-refractivity contribution is 6.21. The Kier molecular flexibility index (Phi) is 5.88. The third-order valence-corrected chi connectivity index (χ3v) is 4.39. The Morgan fingerprint density at radius 1 is 1.25 bits per heavy atom. The summed E-state index contributed by atoms with van der Waals surface area (Å²) < 4.78 is 10.3. The van der Waals surface area contributed by atoms with Crippen LogP contribution in [-0.4, -0.2) is 36.0 Å². The number of aromatic nitrogens is 1. The Hall–Kier alpha value is -3.42. The first kappa shape index (κ1) is 19.3. The smallest absolute Gasteiger partial charge is 0.329 e. The van der Waals surface area contributed by atoms with Crippen LogP contribution in [-0.2, 0) is 20.7 Å². The Morgan fingerprint density at radius 3 is 2.75 bits per heavy atom. The van der Waals surface area contributed by atoms with Gasteiger partial charge in [-0.1, -0.05) is 19.1 Å². The number of aryl methyl sites for hydroxylation is 1. The lowest BCUT2D eigenvalue weighted by Crippen LogP contribution is -2.31. The predicted molar refractivity (Wildman–Crippen MR) is 101 cm³/mol. The standard InChI is InChI=1S/C20H21N3O5/c1-3-13-5-4-6-15(11-13)28-17-9-7-14(12-21-17)23-19(25)16(22-20(23)26)8-10-18(24)27-2/h4-7,9,11-12,16H,3,8,10H2,1-2H3,(H,22,26)/t16-/m1/s1. The van der Waals surface area contributed by atoms with E-state index in [0.29, 0.717) is 17.3 Å². The van der Waals surface area contributed by atoms with Gasteiger partial charge in [-0.2, -0.15) is 0 Å². The second kappa shape index (κ2) is 8.51. The van der Waals surface area contributed by atoms with Gasteiger partial charge in [0.25, 0.3) is 5.91 Å². The second-order valence-corrected chi connectivity index (χ2v) is 6.25. The molecule has 1 aromatic carbocycles. The third-order valence-electron chi connectivity index (χ3n) is 4.39. The van der Waals surface area contributed by atoms with E-state index < -0.39 is 23.9 Å². The maximum Gasteiger partial charge on any atom is 0.329 e. The van der Waals surface area contributed by atoms with Gasteiger partial charge in [0.1, 0.15) is 11.8 Å². The summed E-state index contributed by atoms with van der Waals surface area (Å²) in [6, 6.07) is 9.55. The van der Waals surface area contributed by atoms with Crippen molar-refractivity contribution in [3.63, 3.8) is 0 Å². The molecule has 0 aliphatic carbocycles. The number of pyridine rings is 1. The number of rotatable bonds is 7. The van der Waals surface area contributed by atoms with Gasteiger partial charge in [0.2, 0.25) is 5.88 Å². The fraction of sp³-hybridized carbons (Fsp3) is 0.300. The molecule has 0 unspecified atom stereocenters. The predicted octanol–water partition coefficient (Wildman–Crippen LogP) is 2.81. The molecule has 3 rings (SSSR count). The molecule has 0 saturated carbocycles. The zero-order chi connectivity index (χ0) is 20.1. The molecule has 1 fully saturated rings. The van der Waals surface area contributed by atoms with Crippen LogP contribution in [0.15, 0.2) is 42.6 Å². The topological polar surface area (TPSA) is 97.8 Å². The summed E-state index contributed by atoms with van der Waals surface area (Å²) in [4.78, 5) is 41.1. The number of hydrogen-bond acceptors (Lipinski definition) is 6. The first-order chi connectivity index (χ1) is 13.5. The molecule has 1 aliphatic rings. The van der Waals surface area contributed by atoms with Crippen LogP contribution in [0.4, 0.5) is 10.5 Å². The Labute approximate surface area is 162 Å². The van der Waals surface area contributed by atoms with Crippen molar-refractivity contribution in [1.82, 2.24) is 10.3 Å². The fourth-order valence-electron chi connectivity index (χ4n) is 2.85. The molecule has 28 heavy (non-hydrogen) atoms. The number of benzene rings is 1.